The molecule has 88 valence electrons. The van der Waals surface area contributed by atoms with Crippen LogP contribution < -0.4 is 4.74 Å². The minimum Gasteiger partial charge on any atom is -0.508 e. The molecule has 1 aromatic heterocycles. The molecule has 17 heavy (non-hydrogen) atoms. The molecular formula is C11H10N2O4. The maximum absolute atomic E-state index is 10.8. The van der Waals surface area contributed by atoms with E-state index in [1.54, 1.807) is 12.1 Å². The zero-order valence-electron chi connectivity index (χ0n) is 8.99. The second kappa shape index (κ2) is 4.17. The molecular weight excluding hydrogens is 224 g/mol. The highest BCUT2D eigenvalue weighted by Crippen LogP contribution is 2.20. The van der Waals surface area contributed by atoms with Gasteiger partial charge in [-0.05, 0) is 24.3 Å². The number of nitrogens with zero attached hydrogens (tertiary/aromatic N) is 2. The van der Waals surface area contributed by atoms with Crippen molar-refractivity contribution < 1.29 is 19.7 Å². The molecule has 1 heterocycles. The monoisotopic (exact) mass is 234 g/mol. The first-order valence-corrected chi connectivity index (χ1v) is 4.78. The Morgan fingerprint density at radius 3 is 2.53 bits per heavy atom. The van der Waals surface area contributed by atoms with Gasteiger partial charge in [-0.1, -0.05) is 0 Å². The normalized spacial score (nSPS) is 10.2. The third-order valence-corrected chi connectivity index (χ3v) is 2.20. The topological polar surface area (TPSA) is 84.6 Å². The van der Waals surface area contributed by atoms with E-state index < -0.39 is 5.97 Å². The number of benzene rings is 1. The van der Waals surface area contributed by atoms with Gasteiger partial charge in [0.15, 0.2) is 5.69 Å². The lowest BCUT2D eigenvalue weighted by atomic mass is 10.3. The minimum atomic E-state index is -1.12. The van der Waals surface area contributed by atoms with Crippen LogP contribution in [0, 0.1) is 0 Å². The van der Waals surface area contributed by atoms with Crippen LogP contribution in [0.3, 0.4) is 0 Å². The smallest absolute Gasteiger partial charge is 0.356 e. The maximum atomic E-state index is 10.8. The number of rotatable bonds is 3. The van der Waals surface area contributed by atoms with Crippen molar-refractivity contribution in [3.05, 3.63) is 36.0 Å². The Morgan fingerprint density at radius 2 is 2.00 bits per heavy atom. The Balaban J connectivity index is 2.50. The zero-order valence-corrected chi connectivity index (χ0v) is 8.99. The van der Waals surface area contributed by atoms with Gasteiger partial charge in [-0.15, -0.1) is 0 Å². The summed E-state index contributed by atoms with van der Waals surface area (Å²) in [5.74, 6) is -0.688. The van der Waals surface area contributed by atoms with Crippen LogP contribution in [-0.4, -0.2) is 33.1 Å². The first kappa shape index (κ1) is 11.0. The Kier molecular flexibility index (Phi) is 2.70. The standard InChI is InChI=1S/C11H10N2O4/c1-17-10-6-9(11(15)16)12-13(10)7-2-4-8(14)5-3-7/h2-6,14H,1H3,(H,15,16). The number of carbonyl (C=O) groups is 1. The van der Waals surface area contributed by atoms with E-state index >= 15 is 0 Å². The van der Waals surface area contributed by atoms with E-state index in [0.29, 0.717) is 11.6 Å². The van der Waals surface area contributed by atoms with E-state index in [0.717, 1.165) is 0 Å². The molecule has 0 spiro atoms. The molecule has 6 nitrogen and oxygen atoms in total. The summed E-state index contributed by atoms with van der Waals surface area (Å²) in [6.07, 6.45) is 0. The number of aromatic hydroxyl groups is 1. The number of methoxy groups -OCH3 is 1. The highest BCUT2D eigenvalue weighted by Gasteiger charge is 2.14. The van der Waals surface area contributed by atoms with E-state index in [9.17, 15) is 4.79 Å². The number of hydrogen-bond donors (Lipinski definition) is 2. The molecule has 6 heteroatoms. The molecule has 0 fully saturated rings. The fourth-order valence-corrected chi connectivity index (χ4v) is 1.39. The van der Waals surface area contributed by atoms with Crippen molar-refractivity contribution in [3.63, 3.8) is 0 Å². The number of aromatic nitrogens is 2. The second-order valence-electron chi connectivity index (χ2n) is 3.31. The maximum Gasteiger partial charge on any atom is 0.356 e. The van der Waals surface area contributed by atoms with Crippen LogP contribution >= 0.6 is 0 Å². The molecule has 0 aliphatic heterocycles. The lowest BCUT2D eigenvalue weighted by Crippen LogP contribution is -2.02. The van der Waals surface area contributed by atoms with Crippen LogP contribution in [-0.2, 0) is 0 Å². The lowest BCUT2D eigenvalue weighted by Gasteiger charge is -2.05. The molecule has 2 rings (SSSR count). The first-order valence-electron chi connectivity index (χ1n) is 4.78. The average Bonchev–Trinajstić information content (AvgIpc) is 2.74. The van der Waals surface area contributed by atoms with Crippen molar-refractivity contribution in [1.82, 2.24) is 9.78 Å². The van der Waals surface area contributed by atoms with Gasteiger partial charge in [-0.25, -0.2) is 9.48 Å². The van der Waals surface area contributed by atoms with Crippen molar-refractivity contribution >= 4 is 5.97 Å². The molecule has 0 aliphatic carbocycles. The number of carboxylic acids is 1. The molecule has 0 atom stereocenters. The summed E-state index contributed by atoms with van der Waals surface area (Å²) in [6.45, 7) is 0. The van der Waals surface area contributed by atoms with Gasteiger partial charge in [0.2, 0.25) is 5.88 Å². The number of ether oxygens (including phenoxy) is 1. The van der Waals surface area contributed by atoms with Gasteiger partial charge < -0.3 is 14.9 Å². The fraction of sp³-hybridized carbons (Fsp3) is 0.0909. The lowest BCUT2D eigenvalue weighted by molar-refractivity contribution is 0.0690. The molecule has 0 bridgehead atoms. The molecule has 0 aliphatic rings. The second-order valence-corrected chi connectivity index (χ2v) is 3.31. The SMILES string of the molecule is COc1cc(C(=O)O)nn1-c1ccc(O)cc1. The highest BCUT2D eigenvalue weighted by molar-refractivity contribution is 5.85. The van der Waals surface area contributed by atoms with Crippen molar-refractivity contribution in [2.24, 2.45) is 0 Å². The van der Waals surface area contributed by atoms with Crippen molar-refractivity contribution in [3.8, 4) is 17.3 Å². The van der Waals surface area contributed by atoms with Gasteiger partial charge in [0.1, 0.15) is 5.75 Å². The highest BCUT2D eigenvalue weighted by atomic mass is 16.5. The molecule has 0 unspecified atom stereocenters. The zero-order chi connectivity index (χ0) is 12.4. The Hall–Kier alpha value is -2.50. The molecule has 1 aromatic carbocycles. The molecule has 0 saturated carbocycles. The van der Waals surface area contributed by atoms with Gasteiger partial charge >= 0.3 is 5.97 Å². The van der Waals surface area contributed by atoms with Crippen molar-refractivity contribution in [1.29, 1.82) is 0 Å². The average molecular weight is 234 g/mol. The van der Waals surface area contributed by atoms with E-state index in [1.165, 1.54) is 30.0 Å². The molecule has 2 N–H and O–H groups in total. The number of carboxylic acid groups (broad SMARTS) is 1. The van der Waals surface area contributed by atoms with Crippen LogP contribution in [0.5, 0.6) is 11.6 Å². The summed E-state index contributed by atoms with van der Waals surface area (Å²) in [7, 11) is 1.43. The van der Waals surface area contributed by atoms with Gasteiger partial charge in [0.25, 0.3) is 0 Å². The van der Waals surface area contributed by atoms with Gasteiger partial charge in [-0.2, -0.15) is 5.10 Å². The fourth-order valence-electron chi connectivity index (χ4n) is 1.39. The van der Waals surface area contributed by atoms with Gasteiger partial charge in [0, 0.05) is 6.07 Å². The number of hydrogen-bond acceptors (Lipinski definition) is 4. The van der Waals surface area contributed by atoms with Crippen LogP contribution in [0.2, 0.25) is 0 Å². The van der Waals surface area contributed by atoms with Gasteiger partial charge in [-0.3, -0.25) is 0 Å². The summed E-state index contributed by atoms with van der Waals surface area (Å²) < 4.78 is 6.39. The van der Waals surface area contributed by atoms with Crippen LogP contribution in [0.1, 0.15) is 10.5 Å². The van der Waals surface area contributed by atoms with Crippen LogP contribution in [0.4, 0.5) is 0 Å². The third kappa shape index (κ3) is 2.05. The predicted octanol–water partition coefficient (Wildman–Crippen LogP) is 1.28. The summed E-state index contributed by atoms with van der Waals surface area (Å²) >= 11 is 0. The van der Waals surface area contributed by atoms with E-state index in [4.69, 9.17) is 14.9 Å². The third-order valence-electron chi connectivity index (χ3n) is 2.20. The summed E-state index contributed by atoms with van der Waals surface area (Å²) in [4.78, 5) is 10.8. The Labute approximate surface area is 96.7 Å². The van der Waals surface area contributed by atoms with Crippen LogP contribution in [0.25, 0.3) is 5.69 Å². The number of aromatic carboxylic acids is 1. The molecule has 0 amide bonds. The first-order chi connectivity index (χ1) is 8.11. The molecule has 0 saturated heterocycles. The van der Waals surface area contributed by atoms with Gasteiger partial charge in [0.05, 0.1) is 12.8 Å². The summed E-state index contributed by atoms with van der Waals surface area (Å²) in [5, 5.41) is 21.9. The van der Waals surface area contributed by atoms with Crippen molar-refractivity contribution in [2.75, 3.05) is 7.11 Å². The van der Waals surface area contributed by atoms with E-state index in [1.807, 2.05) is 0 Å². The Bertz CT molecular complexity index is 545. The molecule has 2 aromatic rings. The van der Waals surface area contributed by atoms with Crippen molar-refractivity contribution in [2.45, 2.75) is 0 Å². The Morgan fingerprint density at radius 1 is 1.35 bits per heavy atom. The van der Waals surface area contributed by atoms with E-state index in [-0.39, 0.29) is 11.4 Å². The quantitative estimate of drug-likeness (QED) is 0.835. The predicted molar refractivity (Wildman–Crippen MR) is 58.7 cm³/mol. The minimum absolute atomic E-state index is 0.102. The summed E-state index contributed by atoms with van der Waals surface area (Å²) in [5.41, 5.74) is 0.502. The van der Waals surface area contributed by atoms with Crippen LogP contribution in [0.15, 0.2) is 30.3 Å². The molecule has 0 radical (unpaired) electrons. The van der Waals surface area contributed by atoms with E-state index in [2.05, 4.69) is 5.10 Å². The number of phenols is 1. The number of phenolic OH excluding ortho intramolecular Hbond substituents is 1. The summed E-state index contributed by atoms with van der Waals surface area (Å²) in [6, 6.07) is 7.51. The largest absolute Gasteiger partial charge is 0.508 e.